The van der Waals surface area contributed by atoms with Crippen molar-refractivity contribution in [3.8, 4) is 30.0 Å². The fraction of sp³-hybridized carbons (Fsp3) is 0.604. The number of nitriles is 4. The summed E-state index contributed by atoms with van der Waals surface area (Å²) in [4.78, 5) is 157. The van der Waals surface area contributed by atoms with Gasteiger partial charge in [0.1, 0.15) is 90.6 Å². The maximum Gasteiger partial charge on any atom is 0.407 e. The molecule has 3 N–H and O–H groups in total. The van der Waals surface area contributed by atoms with Crippen molar-refractivity contribution in [2.45, 2.75) is 227 Å². The molecular weight excluding hydrogens is 1700 g/mol. The SMILES string of the molecule is C/C=C/C(=O)OCCOC(=O)C(C)(C)CC.C=C(C)C(=O)OCCNC(=O)OCCOC(=O)C(C)CC.C=CC(=O)OCCNC(=O)OCCOC(=O)C(C)CC.C=CC(=O)OCCOC(=O)C(C)(CC)OC.CCC(C)C(=O)NCCC#N.CCC(C)C(=O)OC1CC2CC1CC2C#N.CCC(C)C(=O)OCc1ccc(C#N)cc1.CCC(C)C(=O)Oc1ccccc1C#N. The average molecular weight is 1840 g/mol. The van der Waals surface area contributed by atoms with Crippen molar-refractivity contribution in [3.63, 3.8) is 0 Å². The summed E-state index contributed by atoms with van der Waals surface area (Å²) in [5.41, 5.74) is 0.762. The number of amides is 3. The van der Waals surface area contributed by atoms with Gasteiger partial charge in [-0.1, -0.05) is 147 Å². The zero-order valence-corrected chi connectivity index (χ0v) is 80.4. The van der Waals surface area contributed by atoms with E-state index in [9.17, 15) is 67.1 Å². The Balaban J connectivity index is -0.000000707. The molecule has 0 radical (unpaired) electrons. The second-order valence-electron chi connectivity index (χ2n) is 30.5. The lowest BCUT2D eigenvalue weighted by atomic mass is 9.88. The molecule has 0 aromatic heterocycles. The van der Waals surface area contributed by atoms with E-state index in [1.165, 1.54) is 20.1 Å². The Kier molecular flexibility index (Phi) is 71.8. The molecule has 4 rings (SSSR count). The second kappa shape index (κ2) is 75.3. The average Bonchev–Trinajstić information content (AvgIpc) is 1.64. The summed E-state index contributed by atoms with van der Waals surface area (Å²) >= 11 is 0. The Morgan fingerprint density at radius 3 is 1.35 bits per heavy atom. The van der Waals surface area contributed by atoms with Crippen molar-refractivity contribution in [2.75, 3.05) is 92.8 Å². The van der Waals surface area contributed by atoms with E-state index in [0.29, 0.717) is 72.9 Å². The minimum atomic E-state index is -0.942. The topological polar surface area (TPSA) is 499 Å². The van der Waals surface area contributed by atoms with Gasteiger partial charge in [-0.15, -0.1) is 0 Å². The minimum absolute atomic E-state index is 0.00545. The Hall–Kier alpha value is -12.5. The number of nitrogens with one attached hydrogen (secondary N) is 3. The summed E-state index contributed by atoms with van der Waals surface area (Å²) in [6.45, 7) is 46.0. The van der Waals surface area contributed by atoms with Gasteiger partial charge in [0.2, 0.25) is 5.91 Å². The first-order chi connectivity index (χ1) is 62.0. The van der Waals surface area contributed by atoms with Crippen LogP contribution in [0.2, 0.25) is 0 Å². The van der Waals surface area contributed by atoms with Crippen LogP contribution in [0.4, 0.5) is 9.59 Å². The lowest BCUT2D eigenvalue weighted by molar-refractivity contribution is -0.170. The van der Waals surface area contributed by atoms with Crippen molar-refractivity contribution in [3.05, 3.63) is 115 Å². The largest absolute Gasteiger partial charge is 0.462 e. The minimum Gasteiger partial charge on any atom is -0.462 e. The molecule has 730 valence electrons. The number of rotatable bonds is 45. The van der Waals surface area contributed by atoms with Crippen molar-refractivity contribution >= 4 is 83.8 Å². The number of alkyl carbamates (subject to hydrolysis) is 2. The zero-order valence-electron chi connectivity index (χ0n) is 80.4. The van der Waals surface area contributed by atoms with Crippen molar-refractivity contribution in [2.24, 2.45) is 58.7 Å². The molecule has 131 heavy (non-hydrogen) atoms. The molecule has 0 spiro atoms. The van der Waals surface area contributed by atoms with Crippen LogP contribution in [0.5, 0.6) is 5.75 Å². The molecule has 2 aromatic rings. The molecule has 2 aromatic carbocycles. The quantitative estimate of drug-likeness (QED) is 0.0182. The van der Waals surface area contributed by atoms with E-state index in [1.807, 2.05) is 108 Å². The van der Waals surface area contributed by atoms with Gasteiger partial charge in [-0.25, -0.2) is 33.6 Å². The summed E-state index contributed by atoms with van der Waals surface area (Å²) in [6, 6.07) is 22.1. The molecule has 11 atom stereocenters. The third-order valence-electron chi connectivity index (χ3n) is 20.0. The summed E-state index contributed by atoms with van der Waals surface area (Å²) in [5, 5.41) is 41.9. The van der Waals surface area contributed by atoms with Crippen LogP contribution in [0.3, 0.4) is 0 Å². The summed E-state index contributed by atoms with van der Waals surface area (Å²) in [6.07, 6.45) is 12.9. The molecule has 35 heteroatoms. The van der Waals surface area contributed by atoms with Crippen LogP contribution in [-0.2, 0) is 126 Å². The fourth-order valence-corrected chi connectivity index (χ4v) is 9.44. The Morgan fingerprint density at radius 2 is 0.924 bits per heavy atom. The van der Waals surface area contributed by atoms with Gasteiger partial charge in [-0.05, 0) is 147 Å². The van der Waals surface area contributed by atoms with E-state index in [0.717, 1.165) is 62.7 Å². The highest BCUT2D eigenvalue weighted by molar-refractivity contribution is 5.87. The van der Waals surface area contributed by atoms with Gasteiger partial charge in [0.25, 0.3) is 0 Å². The van der Waals surface area contributed by atoms with Gasteiger partial charge in [0.05, 0.1) is 83.8 Å². The smallest absolute Gasteiger partial charge is 0.407 e. The Labute approximate surface area is 773 Å². The van der Waals surface area contributed by atoms with Crippen LogP contribution in [0.1, 0.15) is 225 Å². The second-order valence-corrected chi connectivity index (χ2v) is 30.5. The van der Waals surface area contributed by atoms with Crippen LogP contribution in [0, 0.1) is 104 Å². The number of carbonyl (C=O) groups is 14. The van der Waals surface area contributed by atoms with Crippen LogP contribution < -0.4 is 20.7 Å². The molecule has 2 aliphatic rings. The van der Waals surface area contributed by atoms with E-state index >= 15 is 0 Å². The number of methoxy groups -OCH3 is 1. The van der Waals surface area contributed by atoms with Crippen LogP contribution in [0.25, 0.3) is 0 Å². The molecule has 0 aliphatic heterocycles. The number of para-hydroxylation sites is 1. The number of fused-ring (bicyclic) bond motifs is 2. The highest BCUT2D eigenvalue weighted by Crippen LogP contribution is 2.49. The van der Waals surface area contributed by atoms with Gasteiger partial charge in [-0.2, -0.15) is 21.0 Å². The monoisotopic (exact) mass is 1840 g/mol. The molecule has 2 fully saturated rings. The molecular formula is C96H143N7O28. The lowest BCUT2D eigenvalue weighted by Gasteiger charge is -2.25. The highest BCUT2D eigenvalue weighted by Gasteiger charge is 2.48. The summed E-state index contributed by atoms with van der Waals surface area (Å²) in [5.74, 6) is -2.86. The molecule has 2 bridgehead atoms. The van der Waals surface area contributed by atoms with E-state index in [4.69, 9.17) is 77.9 Å². The molecule has 0 heterocycles. The van der Waals surface area contributed by atoms with E-state index in [2.05, 4.69) is 51.2 Å². The number of ether oxygens (including phenoxy) is 14. The summed E-state index contributed by atoms with van der Waals surface area (Å²) < 4.78 is 68.9. The van der Waals surface area contributed by atoms with Crippen LogP contribution >= 0.6 is 0 Å². The number of nitrogens with zero attached hydrogens (tertiary/aromatic N) is 4. The first kappa shape index (κ1) is 125. The molecule has 35 nitrogen and oxygen atoms in total. The van der Waals surface area contributed by atoms with Crippen molar-refractivity contribution in [1.82, 2.24) is 16.0 Å². The number of allylic oxidation sites excluding steroid dienone is 1. The molecule has 2 aliphatic carbocycles. The predicted octanol–water partition coefficient (Wildman–Crippen LogP) is 14.3. The standard InChI is InChI=1S/C14H23NO6.C13H21NO6.C13H19NO2.C13H15NO2.C12H13NO2.C12H20O4.C11H18O5.C8H14N2O/c1-5-11(4)13(17)20-8-9-21-14(18)15-6-7-19-12(16)10(2)3;1-4-10(3)12(16)19-8-9-20-13(17)14-6-7-18-11(15)5-2;1-3-8(2)13(15)16-12-6-9-4-10(12)5-11(9)7-14;1-3-10(2)13(15)16-9-12-6-4-11(8-14)5-7-12;1-3-9(2)12(14)15-11-7-5-4-6-10(11)8-13;1-5-7-10(13)15-8-9-16-11(14)12(3,4)6-2;1-5-9(12)15-7-8-16-10(13)11(3,6-2)14-4;1-3-7(2)8(11)10-6-4-5-9/h11H,2,5-9H2,1,3-4H3,(H,15,18);5,10H,2,4,6-9H2,1,3H3,(H,14,17);8-12H,3-6H2,1-2H3;4-7,10H,3,9H2,1-2H3;4-7,9H,3H2,1-2H3;5,7H,6,8-9H2,1-4H3;5H,1,6-8H2,2-4H3;7H,3-4,6H2,1-2H3,(H,10,11)/b;;;;;7-5+;;. The van der Waals surface area contributed by atoms with E-state index in [-0.39, 0.29) is 175 Å². The number of hydrogen-bond acceptors (Lipinski definition) is 32. The Morgan fingerprint density at radius 1 is 0.481 bits per heavy atom. The predicted molar refractivity (Wildman–Crippen MR) is 484 cm³/mol. The molecule has 11 unspecified atom stereocenters. The first-order valence-electron chi connectivity index (χ1n) is 43.9. The maximum atomic E-state index is 11.7. The normalized spacial score (nSPS) is 14.9. The highest BCUT2D eigenvalue weighted by atomic mass is 16.6. The first-order valence-corrected chi connectivity index (χ1v) is 43.9. The van der Waals surface area contributed by atoms with Crippen molar-refractivity contribution in [1.29, 1.82) is 21.0 Å². The van der Waals surface area contributed by atoms with Gasteiger partial charge in [0.15, 0.2) is 5.60 Å². The Bertz CT molecular complexity index is 4020. The van der Waals surface area contributed by atoms with E-state index in [1.54, 1.807) is 89.2 Å². The van der Waals surface area contributed by atoms with Crippen molar-refractivity contribution < 1.29 is 133 Å². The van der Waals surface area contributed by atoms with Crippen LogP contribution in [0.15, 0.2) is 98.1 Å². The molecule has 2 saturated carbocycles. The number of carbonyl (C=O) groups excluding carboxylic acids is 14. The third kappa shape index (κ3) is 59.4. The number of hydrogen-bond donors (Lipinski definition) is 3. The van der Waals surface area contributed by atoms with Gasteiger partial charge in [-0.3, -0.25) is 33.6 Å². The number of esters is 11. The summed E-state index contributed by atoms with van der Waals surface area (Å²) in [7, 11) is 1.45. The fourth-order valence-electron chi connectivity index (χ4n) is 9.44. The third-order valence-corrected chi connectivity index (χ3v) is 20.0. The molecule has 0 saturated heterocycles. The molecule has 3 amide bonds. The maximum absolute atomic E-state index is 11.7. The lowest BCUT2D eigenvalue weighted by Crippen LogP contribution is -2.38. The zero-order chi connectivity index (χ0) is 100. The number of benzene rings is 2. The van der Waals surface area contributed by atoms with Gasteiger partial charge < -0.3 is 82.3 Å². The van der Waals surface area contributed by atoms with E-state index < -0.39 is 53.0 Å². The van der Waals surface area contributed by atoms with Gasteiger partial charge >= 0.3 is 77.8 Å². The van der Waals surface area contributed by atoms with Gasteiger partial charge in [0, 0.05) is 49.3 Å². The van der Waals surface area contributed by atoms with Crippen LogP contribution in [-0.4, -0.2) is 188 Å².